The molecule has 1 aliphatic rings. The van der Waals surface area contributed by atoms with Crippen molar-refractivity contribution in [1.29, 1.82) is 0 Å². The van der Waals surface area contributed by atoms with Gasteiger partial charge in [-0.25, -0.2) is 0 Å². The van der Waals surface area contributed by atoms with Crippen molar-refractivity contribution in [3.05, 3.63) is 29.8 Å². The van der Waals surface area contributed by atoms with Crippen LogP contribution in [0.4, 0.5) is 5.69 Å². The second kappa shape index (κ2) is 6.09. The average molecular weight is 291 g/mol. The van der Waals surface area contributed by atoms with Crippen molar-refractivity contribution >= 4 is 34.4 Å². The molecule has 0 saturated carbocycles. The molecule has 1 atom stereocenters. The second-order valence-electron chi connectivity index (χ2n) is 4.92. The summed E-state index contributed by atoms with van der Waals surface area (Å²) in [4.78, 5) is 27.0. The van der Waals surface area contributed by atoms with E-state index in [0.717, 1.165) is 11.8 Å². The molecule has 2 amide bonds. The van der Waals surface area contributed by atoms with Crippen molar-refractivity contribution in [2.45, 2.75) is 31.4 Å². The lowest BCUT2D eigenvalue weighted by molar-refractivity contribution is -0.121. The number of nitrogens with one attached hydrogen (secondary N) is 1. The molecule has 3 N–H and O–H groups in total. The summed E-state index contributed by atoms with van der Waals surface area (Å²) < 4.78 is 0. The van der Waals surface area contributed by atoms with E-state index in [0.29, 0.717) is 11.6 Å². The van der Waals surface area contributed by atoms with E-state index in [1.54, 1.807) is 0 Å². The zero-order chi connectivity index (χ0) is 14.7. The lowest BCUT2D eigenvalue weighted by atomic mass is 10.0. The number of hydrogen-bond acceptors (Lipinski definition) is 4. The molecule has 2 rings (SSSR count). The lowest BCUT2D eigenvalue weighted by Crippen LogP contribution is -2.33. The first-order valence-corrected chi connectivity index (χ1v) is 7.28. The van der Waals surface area contributed by atoms with Gasteiger partial charge in [0.1, 0.15) is 5.25 Å². The Morgan fingerprint density at radius 3 is 2.60 bits per heavy atom. The van der Waals surface area contributed by atoms with Crippen LogP contribution in [-0.4, -0.2) is 22.2 Å². The number of nitrogens with zero attached hydrogens (tertiary/aromatic N) is 1. The Bertz CT molecular complexity index is 552. The molecule has 1 heterocycles. The predicted octanol–water partition coefficient (Wildman–Crippen LogP) is 2.10. The van der Waals surface area contributed by atoms with Crippen LogP contribution in [0.1, 0.15) is 31.7 Å². The van der Waals surface area contributed by atoms with Gasteiger partial charge in [-0.15, -0.1) is 0 Å². The number of anilines is 1. The topological polar surface area (TPSA) is 84.5 Å². The molecule has 0 aliphatic carbocycles. The van der Waals surface area contributed by atoms with Gasteiger partial charge in [-0.2, -0.15) is 4.99 Å². The summed E-state index contributed by atoms with van der Waals surface area (Å²) in [6.45, 7) is 4.22. The molecule has 0 fully saturated rings. The molecule has 1 aromatic rings. The van der Waals surface area contributed by atoms with Crippen LogP contribution >= 0.6 is 11.8 Å². The molecule has 1 aliphatic heterocycles. The van der Waals surface area contributed by atoms with Crippen molar-refractivity contribution in [3.63, 3.8) is 0 Å². The van der Waals surface area contributed by atoms with Crippen LogP contribution in [0, 0.1) is 0 Å². The molecule has 106 valence electrons. The molecule has 0 bridgehead atoms. The highest BCUT2D eigenvalue weighted by Gasteiger charge is 2.27. The molecule has 1 aromatic carbocycles. The Morgan fingerprint density at radius 2 is 2.05 bits per heavy atom. The molecular weight excluding hydrogens is 274 g/mol. The summed E-state index contributed by atoms with van der Waals surface area (Å²) in [6, 6.07) is 7.69. The smallest absolute Gasteiger partial charge is 0.249 e. The van der Waals surface area contributed by atoms with E-state index < -0.39 is 5.25 Å². The first kappa shape index (κ1) is 14.6. The molecule has 0 unspecified atom stereocenters. The summed E-state index contributed by atoms with van der Waals surface area (Å²) in [6.07, 6.45) is 0.0846. The lowest BCUT2D eigenvalue weighted by Gasteiger charge is -2.18. The minimum atomic E-state index is -0.509. The Balaban J connectivity index is 2.01. The zero-order valence-corrected chi connectivity index (χ0v) is 12.2. The maximum Gasteiger partial charge on any atom is 0.249 e. The zero-order valence-electron chi connectivity index (χ0n) is 11.4. The van der Waals surface area contributed by atoms with Crippen molar-refractivity contribution in [2.75, 3.05) is 5.32 Å². The number of amides is 2. The van der Waals surface area contributed by atoms with Gasteiger partial charge in [0.25, 0.3) is 0 Å². The maximum atomic E-state index is 12.1. The monoisotopic (exact) mass is 291 g/mol. The number of thioether (sulfide) groups is 1. The van der Waals surface area contributed by atoms with E-state index in [-0.39, 0.29) is 23.4 Å². The highest BCUT2D eigenvalue weighted by Crippen LogP contribution is 2.23. The fourth-order valence-corrected chi connectivity index (χ4v) is 2.70. The molecular formula is C14H17N3O2S. The van der Waals surface area contributed by atoms with Crippen LogP contribution in [0.25, 0.3) is 0 Å². The molecule has 5 nitrogen and oxygen atoms in total. The Hall–Kier alpha value is -1.82. The van der Waals surface area contributed by atoms with Gasteiger partial charge < -0.3 is 11.1 Å². The Morgan fingerprint density at radius 1 is 1.40 bits per heavy atom. The fourth-order valence-electron chi connectivity index (χ4n) is 1.86. The third-order valence-electron chi connectivity index (χ3n) is 3.00. The minimum Gasteiger partial charge on any atom is -0.378 e. The number of carbonyl (C=O) groups excluding carboxylic acids is 2. The van der Waals surface area contributed by atoms with Gasteiger partial charge >= 0.3 is 0 Å². The summed E-state index contributed by atoms with van der Waals surface area (Å²) in [5, 5.41) is 2.44. The van der Waals surface area contributed by atoms with Crippen LogP contribution in [-0.2, 0) is 9.59 Å². The third-order valence-corrected chi connectivity index (χ3v) is 3.99. The van der Waals surface area contributed by atoms with E-state index in [2.05, 4.69) is 24.2 Å². The number of carbonyl (C=O) groups is 2. The number of rotatable bonds is 3. The number of hydrogen-bond donors (Lipinski definition) is 2. The average Bonchev–Trinajstić information content (AvgIpc) is 2.38. The van der Waals surface area contributed by atoms with Crippen LogP contribution < -0.4 is 11.1 Å². The van der Waals surface area contributed by atoms with Gasteiger partial charge in [-0.05, 0) is 23.6 Å². The summed E-state index contributed by atoms with van der Waals surface area (Å²) >= 11 is 1.12. The molecule has 0 spiro atoms. The summed E-state index contributed by atoms with van der Waals surface area (Å²) in [5.41, 5.74) is 7.44. The maximum absolute atomic E-state index is 12.1. The van der Waals surface area contributed by atoms with E-state index in [9.17, 15) is 9.59 Å². The third kappa shape index (κ3) is 3.60. The van der Waals surface area contributed by atoms with E-state index in [1.807, 2.05) is 24.3 Å². The predicted molar refractivity (Wildman–Crippen MR) is 81.8 cm³/mol. The van der Waals surface area contributed by atoms with E-state index in [4.69, 9.17) is 5.73 Å². The second-order valence-corrected chi connectivity index (χ2v) is 6.14. The molecule has 20 heavy (non-hydrogen) atoms. The van der Waals surface area contributed by atoms with Gasteiger partial charge in [-0.3, -0.25) is 9.59 Å². The Labute approximate surface area is 122 Å². The first-order chi connectivity index (χ1) is 9.45. The van der Waals surface area contributed by atoms with Gasteiger partial charge in [0, 0.05) is 5.69 Å². The molecule has 0 saturated heterocycles. The van der Waals surface area contributed by atoms with Gasteiger partial charge in [-0.1, -0.05) is 37.7 Å². The van der Waals surface area contributed by atoms with Crippen molar-refractivity contribution in [2.24, 2.45) is 10.7 Å². The highest BCUT2D eigenvalue weighted by atomic mass is 32.2. The SMILES string of the molecule is CC(C)c1ccc(NC(=O)[C@@H]2CC(=O)N=C(N)S2)cc1. The van der Waals surface area contributed by atoms with Crippen LogP contribution in [0.2, 0.25) is 0 Å². The largest absolute Gasteiger partial charge is 0.378 e. The van der Waals surface area contributed by atoms with Gasteiger partial charge in [0.2, 0.25) is 11.8 Å². The normalized spacial score (nSPS) is 18.9. The van der Waals surface area contributed by atoms with Crippen LogP contribution in [0.3, 0.4) is 0 Å². The highest BCUT2D eigenvalue weighted by molar-refractivity contribution is 8.15. The van der Waals surface area contributed by atoms with Gasteiger partial charge in [0.15, 0.2) is 5.17 Å². The summed E-state index contributed by atoms with van der Waals surface area (Å²) in [7, 11) is 0. The minimum absolute atomic E-state index is 0.0846. The van der Waals surface area contributed by atoms with E-state index in [1.165, 1.54) is 5.56 Å². The first-order valence-electron chi connectivity index (χ1n) is 6.40. The standard InChI is InChI=1S/C14H17N3O2S/c1-8(2)9-3-5-10(6-4-9)16-13(19)11-7-12(18)17-14(15)20-11/h3-6,8,11H,7H2,1-2H3,(H,16,19)(H2,15,17,18)/t11-/m0/s1. The number of amidine groups is 1. The molecule has 6 heteroatoms. The number of nitrogens with two attached hydrogens (primary N) is 1. The van der Waals surface area contributed by atoms with E-state index >= 15 is 0 Å². The van der Waals surface area contributed by atoms with Crippen molar-refractivity contribution < 1.29 is 9.59 Å². The van der Waals surface area contributed by atoms with Crippen molar-refractivity contribution in [3.8, 4) is 0 Å². The summed E-state index contributed by atoms with van der Waals surface area (Å²) in [5.74, 6) is -0.127. The quantitative estimate of drug-likeness (QED) is 0.893. The fraction of sp³-hybridized carbons (Fsp3) is 0.357. The Kier molecular flexibility index (Phi) is 4.44. The van der Waals surface area contributed by atoms with Gasteiger partial charge in [0.05, 0.1) is 6.42 Å². The van der Waals surface area contributed by atoms with Crippen LogP contribution in [0.5, 0.6) is 0 Å². The number of aliphatic imine (C=N–C) groups is 1. The molecule has 0 aromatic heterocycles. The van der Waals surface area contributed by atoms with Crippen LogP contribution in [0.15, 0.2) is 29.3 Å². The van der Waals surface area contributed by atoms with Crippen molar-refractivity contribution in [1.82, 2.24) is 0 Å². The molecule has 0 radical (unpaired) electrons. The number of benzene rings is 1.